The SMILES string of the molecule is CC(C)(C)c1ccc2c(c1)C(=O)OC2(Cl)Cl. The van der Waals surface area contributed by atoms with Gasteiger partial charge in [0.25, 0.3) is 4.52 Å². The molecule has 0 unspecified atom stereocenters. The first kappa shape index (κ1) is 11.7. The summed E-state index contributed by atoms with van der Waals surface area (Å²) in [6.45, 7) is 6.22. The van der Waals surface area contributed by atoms with Crippen LogP contribution in [0, 0.1) is 0 Å². The molecule has 0 bridgehead atoms. The fourth-order valence-electron chi connectivity index (χ4n) is 1.66. The molecule has 1 aromatic rings. The van der Waals surface area contributed by atoms with Crippen molar-refractivity contribution in [1.82, 2.24) is 0 Å². The summed E-state index contributed by atoms with van der Waals surface area (Å²) in [6.07, 6.45) is 0. The van der Waals surface area contributed by atoms with Crippen LogP contribution in [0.3, 0.4) is 0 Å². The van der Waals surface area contributed by atoms with Gasteiger partial charge in [-0.25, -0.2) is 4.79 Å². The Kier molecular flexibility index (Phi) is 2.48. The Hall–Kier alpha value is -0.730. The number of alkyl halides is 2. The summed E-state index contributed by atoms with van der Waals surface area (Å²) in [4.78, 5) is 11.6. The highest BCUT2D eigenvalue weighted by Gasteiger charge is 2.42. The van der Waals surface area contributed by atoms with E-state index in [0.717, 1.165) is 5.56 Å². The number of carbonyl (C=O) groups is 1. The van der Waals surface area contributed by atoms with Crippen molar-refractivity contribution in [2.75, 3.05) is 0 Å². The van der Waals surface area contributed by atoms with Gasteiger partial charge >= 0.3 is 5.97 Å². The van der Waals surface area contributed by atoms with Crippen LogP contribution in [0.1, 0.15) is 42.3 Å². The lowest BCUT2D eigenvalue weighted by Gasteiger charge is -2.19. The van der Waals surface area contributed by atoms with Crippen LogP contribution in [0.15, 0.2) is 18.2 Å². The molecule has 0 spiro atoms. The van der Waals surface area contributed by atoms with Gasteiger partial charge in [-0.05, 0) is 17.0 Å². The van der Waals surface area contributed by atoms with E-state index in [0.29, 0.717) is 11.1 Å². The third kappa shape index (κ3) is 1.80. The first-order chi connectivity index (χ1) is 7.22. The lowest BCUT2D eigenvalue weighted by atomic mass is 9.85. The molecule has 0 aromatic heterocycles. The van der Waals surface area contributed by atoms with Crippen LogP contribution in [0.5, 0.6) is 0 Å². The van der Waals surface area contributed by atoms with Crippen LogP contribution in [0.2, 0.25) is 0 Å². The Balaban J connectivity index is 2.57. The Bertz CT molecular complexity index is 459. The summed E-state index contributed by atoms with van der Waals surface area (Å²) in [5, 5.41) is 0. The van der Waals surface area contributed by atoms with E-state index in [4.69, 9.17) is 27.9 Å². The van der Waals surface area contributed by atoms with E-state index in [1.807, 2.05) is 6.07 Å². The Labute approximate surface area is 104 Å². The summed E-state index contributed by atoms with van der Waals surface area (Å²) < 4.78 is 3.34. The van der Waals surface area contributed by atoms with Gasteiger partial charge in [0.05, 0.1) is 5.56 Å². The average molecular weight is 259 g/mol. The molecule has 1 heterocycles. The topological polar surface area (TPSA) is 26.3 Å². The van der Waals surface area contributed by atoms with Crippen LogP contribution in [-0.2, 0) is 14.7 Å². The van der Waals surface area contributed by atoms with Crippen molar-refractivity contribution in [3.63, 3.8) is 0 Å². The van der Waals surface area contributed by atoms with Crippen molar-refractivity contribution in [1.29, 1.82) is 0 Å². The predicted molar refractivity (Wildman–Crippen MR) is 63.9 cm³/mol. The third-order valence-electron chi connectivity index (χ3n) is 2.64. The minimum Gasteiger partial charge on any atom is -0.421 e. The molecular weight excluding hydrogens is 247 g/mol. The third-order valence-corrected chi connectivity index (χ3v) is 3.20. The first-order valence-electron chi connectivity index (χ1n) is 4.98. The van der Waals surface area contributed by atoms with Gasteiger partial charge in [0, 0.05) is 5.56 Å². The zero-order chi connectivity index (χ0) is 12.1. The zero-order valence-electron chi connectivity index (χ0n) is 9.30. The lowest BCUT2D eigenvalue weighted by Crippen LogP contribution is -2.12. The van der Waals surface area contributed by atoms with Crippen LogP contribution in [-0.4, -0.2) is 5.97 Å². The highest BCUT2D eigenvalue weighted by molar-refractivity contribution is 6.48. The minimum absolute atomic E-state index is 0.0286. The monoisotopic (exact) mass is 258 g/mol. The summed E-state index contributed by atoms with van der Waals surface area (Å²) in [5.74, 6) is -0.467. The molecule has 0 saturated carbocycles. The lowest BCUT2D eigenvalue weighted by molar-refractivity contribution is 0.0447. The molecule has 0 fully saturated rings. The van der Waals surface area contributed by atoms with Crippen molar-refractivity contribution in [3.05, 3.63) is 34.9 Å². The number of ether oxygens (including phenoxy) is 1. The molecule has 0 amide bonds. The second-order valence-corrected chi connectivity index (χ2v) is 6.17. The molecule has 2 rings (SSSR count). The molecule has 2 nitrogen and oxygen atoms in total. The standard InChI is InChI=1S/C12H12Cl2O2/c1-11(2,3)7-4-5-9-8(6-7)10(15)16-12(9,13)14/h4-6H,1-3H3. The Morgan fingerprint density at radius 2 is 1.88 bits per heavy atom. The first-order valence-corrected chi connectivity index (χ1v) is 5.73. The fraction of sp³-hybridized carbons (Fsp3) is 0.417. The number of carbonyl (C=O) groups excluding carboxylic acids is 1. The van der Waals surface area contributed by atoms with E-state index >= 15 is 0 Å². The smallest absolute Gasteiger partial charge is 0.341 e. The summed E-state index contributed by atoms with van der Waals surface area (Å²) >= 11 is 11.8. The molecular formula is C12H12Cl2O2. The van der Waals surface area contributed by atoms with Gasteiger partial charge in [0.15, 0.2) is 0 Å². The van der Waals surface area contributed by atoms with Gasteiger partial charge in [-0.2, -0.15) is 0 Å². The number of halogens is 2. The second-order valence-electron chi connectivity index (χ2n) is 4.92. The molecule has 1 aliphatic heterocycles. The van der Waals surface area contributed by atoms with Gasteiger partial charge in [-0.3, -0.25) is 0 Å². The predicted octanol–water partition coefficient (Wildman–Crippen LogP) is 3.74. The van der Waals surface area contributed by atoms with E-state index in [9.17, 15) is 4.79 Å². The maximum absolute atomic E-state index is 11.6. The molecule has 4 heteroatoms. The van der Waals surface area contributed by atoms with Gasteiger partial charge in [0.1, 0.15) is 0 Å². The number of hydrogen-bond donors (Lipinski definition) is 0. The molecule has 0 atom stereocenters. The summed E-state index contributed by atoms with van der Waals surface area (Å²) in [5.41, 5.74) is 2.00. The van der Waals surface area contributed by atoms with E-state index in [-0.39, 0.29) is 5.41 Å². The maximum Gasteiger partial charge on any atom is 0.341 e. The van der Waals surface area contributed by atoms with Crippen LogP contribution >= 0.6 is 23.2 Å². The van der Waals surface area contributed by atoms with Gasteiger partial charge in [0.2, 0.25) is 0 Å². The molecule has 0 saturated heterocycles. The van der Waals surface area contributed by atoms with E-state index in [1.165, 1.54) is 0 Å². The summed E-state index contributed by atoms with van der Waals surface area (Å²) in [6, 6.07) is 5.46. The van der Waals surface area contributed by atoms with E-state index in [1.54, 1.807) is 12.1 Å². The van der Waals surface area contributed by atoms with E-state index < -0.39 is 10.5 Å². The molecule has 0 N–H and O–H groups in total. The maximum atomic E-state index is 11.6. The fourth-order valence-corrected chi connectivity index (χ4v) is 2.13. The van der Waals surface area contributed by atoms with Crippen LogP contribution in [0.25, 0.3) is 0 Å². The highest BCUT2D eigenvalue weighted by atomic mass is 35.5. The normalized spacial score (nSPS) is 18.2. The van der Waals surface area contributed by atoms with Crippen molar-refractivity contribution < 1.29 is 9.53 Å². The van der Waals surface area contributed by atoms with Crippen LogP contribution < -0.4 is 0 Å². The van der Waals surface area contributed by atoms with Crippen molar-refractivity contribution >= 4 is 29.2 Å². The molecule has 86 valence electrons. The molecule has 16 heavy (non-hydrogen) atoms. The number of cyclic esters (lactones) is 1. The van der Waals surface area contributed by atoms with Gasteiger partial charge in [-0.1, -0.05) is 56.1 Å². The molecule has 0 radical (unpaired) electrons. The largest absolute Gasteiger partial charge is 0.421 e. The Morgan fingerprint density at radius 3 is 2.44 bits per heavy atom. The molecule has 0 aliphatic carbocycles. The van der Waals surface area contributed by atoms with E-state index in [2.05, 4.69) is 20.8 Å². The number of esters is 1. The number of benzene rings is 1. The quantitative estimate of drug-likeness (QED) is 0.524. The second kappa shape index (κ2) is 3.38. The van der Waals surface area contributed by atoms with Gasteiger partial charge < -0.3 is 4.74 Å². The van der Waals surface area contributed by atoms with Crippen LogP contribution in [0.4, 0.5) is 0 Å². The van der Waals surface area contributed by atoms with Crippen molar-refractivity contribution in [2.24, 2.45) is 0 Å². The number of hydrogen-bond acceptors (Lipinski definition) is 2. The van der Waals surface area contributed by atoms with Crippen molar-refractivity contribution in [2.45, 2.75) is 30.7 Å². The minimum atomic E-state index is -1.54. The average Bonchev–Trinajstić information content (AvgIpc) is 2.36. The Morgan fingerprint density at radius 1 is 1.25 bits per heavy atom. The molecule has 1 aliphatic rings. The van der Waals surface area contributed by atoms with Crippen molar-refractivity contribution in [3.8, 4) is 0 Å². The zero-order valence-corrected chi connectivity index (χ0v) is 10.8. The highest BCUT2D eigenvalue weighted by Crippen LogP contribution is 2.44. The van der Waals surface area contributed by atoms with Gasteiger partial charge in [-0.15, -0.1) is 0 Å². The number of fused-ring (bicyclic) bond motifs is 1. The number of rotatable bonds is 0. The molecule has 1 aromatic carbocycles. The summed E-state index contributed by atoms with van der Waals surface area (Å²) in [7, 11) is 0.